The molecule has 2 aromatic heterocycles. The predicted molar refractivity (Wildman–Crippen MR) is 76.9 cm³/mol. The molecule has 0 unspecified atom stereocenters. The molecule has 0 aliphatic heterocycles. The van der Waals surface area contributed by atoms with E-state index in [4.69, 9.17) is 0 Å². The lowest BCUT2D eigenvalue weighted by molar-refractivity contribution is 0.102. The Bertz CT molecular complexity index is 777. The highest BCUT2D eigenvalue weighted by molar-refractivity contribution is 6.04. The van der Waals surface area contributed by atoms with Crippen molar-refractivity contribution in [3.8, 4) is 0 Å². The van der Waals surface area contributed by atoms with Gasteiger partial charge in [0.05, 0.1) is 11.9 Å². The van der Waals surface area contributed by atoms with E-state index in [1.165, 1.54) is 0 Å². The molecule has 3 aromatic rings. The zero-order chi connectivity index (χ0) is 14.1. The van der Waals surface area contributed by atoms with Crippen LogP contribution in [0.2, 0.25) is 0 Å². The van der Waals surface area contributed by atoms with Gasteiger partial charge in [-0.3, -0.25) is 4.79 Å². The summed E-state index contributed by atoms with van der Waals surface area (Å²) in [6, 6.07) is 11.0. The molecular formula is C15H14N4O. The molecule has 3 rings (SSSR count). The molecule has 1 N–H and O–H groups in total. The predicted octanol–water partition coefficient (Wildman–Crippen LogP) is 2.60. The zero-order valence-corrected chi connectivity index (χ0v) is 11.3. The summed E-state index contributed by atoms with van der Waals surface area (Å²) in [7, 11) is 0. The number of fused-ring (bicyclic) bond motifs is 1. The van der Waals surface area contributed by atoms with Crippen LogP contribution in [-0.2, 0) is 0 Å². The van der Waals surface area contributed by atoms with E-state index in [2.05, 4.69) is 15.4 Å². The summed E-state index contributed by atoms with van der Waals surface area (Å²) in [5, 5.41) is 7.14. The topological polar surface area (TPSA) is 59.3 Å². The number of carbonyl (C=O) groups is 1. The fourth-order valence-corrected chi connectivity index (χ4v) is 2.12. The number of amides is 1. The molecule has 0 bridgehead atoms. The van der Waals surface area contributed by atoms with Gasteiger partial charge in [0.2, 0.25) is 0 Å². The van der Waals surface area contributed by atoms with Crippen LogP contribution in [0.1, 0.15) is 21.7 Å². The fraction of sp³-hybridized carbons (Fsp3) is 0.133. The van der Waals surface area contributed by atoms with Crippen LogP contribution < -0.4 is 5.32 Å². The molecule has 5 heteroatoms. The van der Waals surface area contributed by atoms with Crippen LogP contribution in [0.15, 0.2) is 42.6 Å². The van der Waals surface area contributed by atoms with Gasteiger partial charge in [0.25, 0.3) is 5.91 Å². The van der Waals surface area contributed by atoms with Gasteiger partial charge < -0.3 is 5.32 Å². The Balaban J connectivity index is 1.93. The van der Waals surface area contributed by atoms with E-state index in [0.717, 1.165) is 11.2 Å². The van der Waals surface area contributed by atoms with Crippen molar-refractivity contribution in [3.05, 3.63) is 59.5 Å². The van der Waals surface area contributed by atoms with Gasteiger partial charge in [0.15, 0.2) is 5.65 Å². The average Bonchev–Trinajstić information content (AvgIpc) is 2.81. The number of pyridine rings is 1. The van der Waals surface area contributed by atoms with Crippen molar-refractivity contribution >= 4 is 17.2 Å². The molecular weight excluding hydrogens is 252 g/mol. The number of nitrogens with one attached hydrogen (secondary N) is 1. The van der Waals surface area contributed by atoms with Crippen molar-refractivity contribution in [2.45, 2.75) is 13.8 Å². The highest BCUT2D eigenvalue weighted by Crippen LogP contribution is 2.16. The van der Waals surface area contributed by atoms with Crippen LogP contribution in [0, 0.1) is 13.8 Å². The first-order valence-corrected chi connectivity index (χ1v) is 6.33. The Hall–Kier alpha value is -2.69. The molecule has 0 saturated carbocycles. The second-order valence-corrected chi connectivity index (χ2v) is 4.66. The number of aryl methyl sites for hydroxylation is 2. The number of aromatic nitrogens is 3. The zero-order valence-electron chi connectivity index (χ0n) is 11.3. The van der Waals surface area contributed by atoms with Crippen molar-refractivity contribution < 1.29 is 4.79 Å². The molecule has 1 amide bonds. The minimum Gasteiger partial charge on any atom is -0.321 e. The van der Waals surface area contributed by atoms with Crippen molar-refractivity contribution in [2.24, 2.45) is 0 Å². The monoisotopic (exact) mass is 266 g/mol. The quantitative estimate of drug-likeness (QED) is 0.775. The molecule has 5 nitrogen and oxygen atoms in total. The third-order valence-electron chi connectivity index (χ3n) is 3.02. The first-order chi connectivity index (χ1) is 9.63. The molecule has 0 radical (unpaired) electrons. The van der Waals surface area contributed by atoms with Crippen molar-refractivity contribution in [1.29, 1.82) is 0 Å². The van der Waals surface area contributed by atoms with Gasteiger partial charge in [-0.1, -0.05) is 18.2 Å². The lowest BCUT2D eigenvalue weighted by atomic mass is 10.2. The third-order valence-corrected chi connectivity index (χ3v) is 3.02. The molecule has 100 valence electrons. The van der Waals surface area contributed by atoms with E-state index in [-0.39, 0.29) is 5.91 Å². The number of anilines is 1. The maximum atomic E-state index is 12.1. The maximum Gasteiger partial charge on any atom is 0.255 e. The normalized spacial score (nSPS) is 10.7. The first-order valence-electron chi connectivity index (χ1n) is 6.33. The highest BCUT2D eigenvalue weighted by Gasteiger charge is 2.09. The minimum absolute atomic E-state index is 0.138. The van der Waals surface area contributed by atoms with Gasteiger partial charge in [0.1, 0.15) is 5.82 Å². The lowest BCUT2D eigenvalue weighted by Crippen LogP contribution is -2.12. The maximum absolute atomic E-state index is 12.1. The molecule has 1 aromatic carbocycles. The Morgan fingerprint density at radius 3 is 2.70 bits per heavy atom. The molecule has 0 aliphatic rings. The molecule has 0 saturated heterocycles. The average molecular weight is 266 g/mol. The Kier molecular flexibility index (Phi) is 2.95. The van der Waals surface area contributed by atoms with Gasteiger partial charge >= 0.3 is 0 Å². The Morgan fingerprint density at radius 1 is 1.20 bits per heavy atom. The molecule has 0 aliphatic carbocycles. The fourth-order valence-electron chi connectivity index (χ4n) is 2.12. The molecule has 20 heavy (non-hydrogen) atoms. The summed E-state index contributed by atoms with van der Waals surface area (Å²) >= 11 is 0. The van der Waals surface area contributed by atoms with Crippen molar-refractivity contribution in [2.75, 3.05) is 5.32 Å². The molecule has 0 spiro atoms. The van der Waals surface area contributed by atoms with Crippen LogP contribution in [0.25, 0.3) is 5.65 Å². The van der Waals surface area contributed by atoms with Gasteiger partial charge in [-0.05, 0) is 37.6 Å². The van der Waals surface area contributed by atoms with Crippen LogP contribution in [0.3, 0.4) is 0 Å². The van der Waals surface area contributed by atoms with E-state index >= 15 is 0 Å². The van der Waals surface area contributed by atoms with E-state index in [0.29, 0.717) is 17.1 Å². The second-order valence-electron chi connectivity index (χ2n) is 4.66. The summed E-state index contributed by atoms with van der Waals surface area (Å²) in [5.74, 6) is 0.570. The third kappa shape index (κ3) is 2.25. The summed E-state index contributed by atoms with van der Waals surface area (Å²) in [6.45, 7) is 3.79. The van der Waals surface area contributed by atoms with Crippen LogP contribution >= 0.6 is 0 Å². The minimum atomic E-state index is -0.138. The smallest absolute Gasteiger partial charge is 0.255 e. The number of hydrogen-bond acceptors (Lipinski definition) is 3. The van der Waals surface area contributed by atoms with Gasteiger partial charge in [0, 0.05) is 5.56 Å². The van der Waals surface area contributed by atoms with Crippen molar-refractivity contribution in [1.82, 2.24) is 14.6 Å². The number of hydrogen-bond donors (Lipinski definition) is 1. The van der Waals surface area contributed by atoms with E-state index in [9.17, 15) is 4.79 Å². The van der Waals surface area contributed by atoms with Crippen LogP contribution in [0.5, 0.6) is 0 Å². The number of rotatable bonds is 2. The molecule has 2 heterocycles. The standard InChI is InChI=1S/C15H14N4O/c1-10-8-13(9-19-14(10)16-11(2)18-19)17-15(20)12-6-4-3-5-7-12/h3-9H,1-2H3,(H,17,20). The van der Waals surface area contributed by atoms with E-state index < -0.39 is 0 Å². The van der Waals surface area contributed by atoms with Crippen LogP contribution in [0.4, 0.5) is 5.69 Å². The highest BCUT2D eigenvalue weighted by atomic mass is 16.1. The summed E-state index contributed by atoms with van der Waals surface area (Å²) in [6.07, 6.45) is 1.77. The number of carbonyl (C=O) groups excluding carboxylic acids is 1. The van der Waals surface area contributed by atoms with Crippen molar-refractivity contribution in [3.63, 3.8) is 0 Å². The molecule has 0 atom stereocenters. The van der Waals surface area contributed by atoms with Gasteiger partial charge in [-0.15, -0.1) is 0 Å². The van der Waals surface area contributed by atoms with Gasteiger partial charge in [-0.2, -0.15) is 5.10 Å². The first kappa shape index (κ1) is 12.3. The number of nitrogens with zero attached hydrogens (tertiary/aromatic N) is 3. The van der Waals surface area contributed by atoms with Gasteiger partial charge in [-0.25, -0.2) is 9.50 Å². The second kappa shape index (κ2) is 4.77. The number of benzene rings is 1. The van der Waals surface area contributed by atoms with E-state index in [1.807, 2.05) is 38.1 Å². The lowest BCUT2D eigenvalue weighted by Gasteiger charge is -2.07. The largest absolute Gasteiger partial charge is 0.321 e. The van der Waals surface area contributed by atoms with E-state index in [1.54, 1.807) is 22.8 Å². The summed E-state index contributed by atoms with van der Waals surface area (Å²) in [5.41, 5.74) is 3.10. The molecule has 0 fully saturated rings. The van der Waals surface area contributed by atoms with Crippen LogP contribution in [-0.4, -0.2) is 20.5 Å². The summed E-state index contributed by atoms with van der Waals surface area (Å²) in [4.78, 5) is 16.4. The Morgan fingerprint density at radius 2 is 1.95 bits per heavy atom. The SMILES string of the molecule is Cc1nc2c(C)cc(NC(=O)c3ccccc3)cn2n1. The Labute approximate surface area is 116 Å². The summed E-state index contributed by atoms with van der Waals surface area (Å²) < 4.78 is 1.69.